The number of methoxy groups -OCH3 is 1. The second kappa shape index (κ2) is 7.03. The van der Waals surface area contributed by atoms with Gasteiger partial charge in [-0.15, -0.1) is 0 Å². The van der Waals surface area contributed by atoms with E-state index in [-0.39, 0.29) is 5.91 Å². The molecule has 0 aliphatic rings. The van der Waals surface area contributed by atoms with Gasteiger partial charge in [-0.3, -0.25) is 4.79 Å². The molecule has 2 aromatic carbocycles. The maximum absolute atomic E-state index is 12.8. The van der Waals surface area contributed by atoms with Crippen molar-refractivity contribution in [3.63, 3.8) is 0 Å². The molecule has 3 aromatic rings. The van der Waals surface area contributed by atoms with Crippen molar-refractivity contribution < 1.29 is 9.53 Å². The minimum Gasteiger partial charge on any atom is -0.495 e. The SMILES string of the molecule is COc1ccc(Cl)cc1NC(=O)c1cc(C)n(-c2ccccc2)c1C. The van der Waals surface area contributed by atoms with Gasteiger partial charge in [0.15, 0.2) is 0 Å². The van der Waals surface area contributed by atoms with Crippen LogP contribution in [0.25, 0.3) is 5.69 Å². The third kappa shape index (κ3) is 3.39. The Hall–Kier alpha value is -2.72. The van der Waals surface area contributed by atoms with E-state index in [1.54, 1.807) is 25.3 Å². The second-order valence-corrected chi connectivity index (χ2v) is 6.19. The van der Waals surface area contributed by atoms with Crippen LogP contribution in [0.5, 0.6) is 5.75 Å². The lowest BCUT2D eigenvalue weighted by Gasteiger charge is -2.12. The summed E-state index contributed by atoms with van der Waals surface area (Å²) in [6.07, 6.45) is 0. The van der Waals surface area contributed by atoms with E-state index in [2.05, 4.69) is 9.88 Å². The monoisotopic (exact) mass is 354 g/mol. The molecule has 0 radical (unpaired) electrons. The molecule has 0 atom stereocenters. The van der Waals surface area contributed by atoms with Gasteiger partial charge in [-0.25, -0.2) is 0 Å². The molecular formula is C20H19ClN2O2. The number of rotatable bonds is 4. The second-order valence-electron chi connectivity index (χ2n) is 5.75. The summed E-state index contributed by atoms with van der Waals surface area (Å²) in [5.41, 5.74) is 4.05. The van der Waals surface area contributed by atoms with Crippen LogP contribution in [0.15, 0.2) is 54.6 Å². The van der Waals surface area contributed by atoms with E-state index in [1.165, 1.54) is 0 Å². The van der Waals surface area contributed by atoms with Crippen LogP contribution >= 0.6 is 11.6 Å². The highest BCUT2D eigenvalue weighted by atomic mass is 35.5. The summed E-state index contributed by atoms with van der Waals surface area (Å²) in [6.45, 7) is 3.92. The lowest BCUT2D eigenvalue weighted by atomic mass is 10.2. The third-order valence-electron chi connectivity index (χ3n) is 4.10. The van der Waals surface area contributed by atoms with Crippen molar-refractivity contribution in [3.8, 4) is 11.4 Å². The zero-order chi connectivity index (χ0) is 18.0. The predicted molar refractivity (Wildman–Crippen MR) is 101 cm³/mol. The van der Waals surface area contributed by atoms with Crippen LogP contribution in [-0.4, -0.2) is 17.6 Å². The highest BCUT2D eigenvalue weighted by Gasteiger charge is 2.18. The van der Waals surface area contributed by atoms with Crippen LogP contribution in [0.4, 0.5) is 5.69 Å². The Bertz CT molecular complexity index is 917. The number of carbonyl (C=O) groups is 1. The summed E-state index contributed by atoms with van der Waals surface area (Å²) < 4.78 is 7.35. The minimum absolute atomic E-state index is 0.198. The number of benzene rings is 2. The van der Waals surface area contributed by atoms with Crippen LogP contribution in [0.1, 0.15) is 21.7 Å². The molecule has 25 heavy (non-hydrogen) atoms. The topological polar surface area (TPSA) is 43.3 Å². The number of carbonyl (C=O) groups excluding carboxylic acids is 1. The first-order chi connectivity index (χ1) is 12.0. The molecule has 1 heterocycles. The standard InChI is InChI=1S/C20H19ClN2O2/c1-13-11-17(14(2)23(13)16-7-5-4-6-8-16)20(24)22-18-12-15(21)9-10-19(18)25-3/h4-12H,1-3H3,(H,22,24). The molecule has 4 nitrogen and oxygen atoms in total. The number of anilines is 1. The number of nitrogens with one attached hydrogen (secondary N) is 1. The van der Waals surface area contributed by atoms with Crippen molar-refractivity contribution in [1.82, 2.24) is 4.57 Å². The smallest absolute Gasteiger partial charge is 0.257 e. The Morgan fingerprint density at radius 3 is 2.48 bits per heavy atom. The summed E-state index contributed by atoms with van der Waals surface area (Å²) in [4.78, 5) is 12.8. The molecule has 0 saturated carbocycles. The molecule has 1 amide bonds. The van der Waals surface area contributed by atoms with Crippen LogP contribution < -0.4 is 10.1 Å². The van der Waals surface area contributed by atoms with Crippen molar-refractivity contribution >= 4 is 23.2 Å². The van der Waals surface area contributed by atoms with E-state index in [9.17, 15) is 4.79 Å². The average Bonchev–Trinajstić information content (AvgIpc) is 2.90. The van der Waals surface area contributed by atoms with Crippen molar-refractivity contribution in [2.24, 2.45) is 0 Å². The fourth-order valence-corrected chi connectivity index (χ4v) is 3.11. The minimum atomic E-state index is -0.198. The third-order valence-corrected chi connectivity index (χ3v) is 4.33. The van der Waals surface area contributed by atoms with Crippen molar-refractivity contribution in [2.45, 2.75) is 13.8 Å². The normalized spacial score (nSPS) is 10.6. The lowest BCUT2D eigenvalue weighted by Crippen LogP contribution is -2.13. The van der Waals surface area contributed by atoms with Gasteiger partial charge in [-0.2, -0.15) is 0 Å². The fourth-order valence-electron chi connectivity index (χ4n) is 2.93. The van der Waals surface area contributed by atoms with Crippen LogP contribution in [0.2, 0.25) is 5.02 Å². The van der Waals surface area contributed by atoms with Gasteiger partial charge in [-0.05, 0) is 50.2 Å². The molecule has 0 spiro atoms. The number of hydrogen-bond donors (Lipinski definition) is 1. The molecule has 1 N–H and O–H groups in total. The predicted octanol–water partition coefficient (Wildman–Crippen LogP) is 5.01. The van der Waals surface area contributed by atoms with Crippen molar-refractivity contribution in [3.05, 3.63) is 76.6 Å². The van der Waals surface area contributed by atoms with Gasteiger partial charge >= 0.3 is 0 Å². The first kappa shape index (κ1) is 17.1. The molecule has 0 aliphatic carbocycles. The molecule has 0 unspecified atom stereocenters. The zero-order valence-corrected chi connectivity index (χ0v) is 15.1. The molecular weight excluding hydrogens is 336 g/mol. The molecule has 3 rings (SSSR count). The summed E-state index contributed by atoms with van der Waals surface area (Å²) in [5.74, 6) is 0.366. The van der Waals surface area contributed by atoms with E-state index < -0.39 is 0 Å². The van der Waals surface area contributed by atoms with Gasteiger partial charge in [0.25, 0.3) is 5.91 Å². The molecule has 128 valence electrons. The Kier molecular flexibility index (Phi) is 4.81. The Labute approximate surface area is 152 Å². The van der Waals surface area contributed by atoms with Gasteiger partial charge < -0.3 is 14.6 Å². The number of aryl methyl sites for hydroxylation is 1. The number of aromatic nitrogens is 1. The summed E-state index contributed by atoms with van der Waals surface area (Å²) in [7, 11) is 1.56. The van der Waals surface area contributed by atoms with Gasteiger partial charge in [0, 0.05) is 22.1 Å². The lowest BCUT2D eigenvalue weighted by molar-refractivity contribution is 0.102. The summed E-state index contributed by atoms with van der Waals surface area (Å²) in [6, 6.07) is 17.0. The molecule has 0 aliphatic heterocycles. The highest BCUT2D eigenvalue weighted by Crippen LogP contribution is 2.29. The Balaban J connectivity index is 1.96. The van der Waals surface area contributed by atoms with Crippen LogP contribution in [0.3, 0.4) is 0 Å². The maximum atomic E-state index is 12.8. The number of hydrogen-bond acceptors (Lipinski definition) is 2. The van der Waals surface area contributed by atoms with E-state index in [4.69, 9.17) is 16.3 Å². The number of para-hydroxylation sites is 1. The molecule has 0 saturated heterocycles. The number of halogens is 1. The van der Waals surface area contributed by atoms with Crippen LogP contribution in [0, 0.1) is 13.8 Å². The Morgan fingerprint density at radius 1 is 1.08 bits per heavy atom. The first-order valence-corrected chi connectivity index (χ1v) is 8.28. The molecule has 0 bridgehead atoms. The van der Waals surface area contributed by atoms with Gasteiger partial charge in [-0.1, -0.05) is 29.8 Å². The summed E-state index contributed by atoms with van der Waals surface area (Å²) >= 11 is 6.03. The van der Waals surface area contributed by atoms with E-state index in [0.717, 1.165) is 17.1 Å². The van der Waals surface area contributed by atoms with Crippen molar-refractivity contribution in [2.75, 3.05) is 12.4 Å². The summed E-state index contributed by atoms with van der Waals surface area (Å²) in [5, 5.41) is 3.42. The van der Waals surface area contributed by atoms with Crippen LogP contribution in [-0.2, 0) is 0 Å². The van der Waals surface area contributed by atoms with Gasteiger partial charge in [0.2, 0.25) is 0 Å². The zero-order valence-electron chi connectivity index (χ0n) is 14.3. The maximum Gasteiger partial charge on any atom is 0.257 e. The average molecular weight is 355 g/mol. The van der Waals surface area contributed by atoms with Gasteiger partial charge in [0.1, 0.15) is 5.75 Å². The van der Waals surface area contributed by atoms with E-state index >= 15 is 0 Å². The molecule has 0 fully saturated rings. The van der Waals surface area contributed by atoms with Gasteiger partial charge in [0.05, 0.1) is 18.4 Å². The number of ether oxygens (including phenoxy) is 1. The molecule has 5 heteroatoms. The fraction of sp³-hybridized carbons (Fsp3) is 0.150. The van der Waals surface area contributed by atoms with E-state index in [1.807, 2.05) is 50.2 Å². The largest absolute Gasteiger partial charge is 0.495 e. The van der Waals surface area contributed by atoms with E-state index in [0.29, 0.717) is 22.0 Å². The highest BCUT2D eigenvalue weighted by molar-refractivity contribution is 6.31. The molecule has 1 aromatic heterocycles. The number of nitrogens with zero attached hydrogens (tertiary/aromatic N) is 1. The van der Waals surface area contributed by atoms with Crippen molar-refractivity contribution in [1.29, 1.82) is 0 Å². The number of amides is 1. The quantitative estimate of drug-likeness (QED) is 0.715. The first-order valence-electron chi connectivity index (χ1n) is 7.90. The Morgan fingerprint density at radius 2 is 1.80 bits per heavy atom.